The second-order valence-electron chi connectivity index (χ2n) is 7.67. The van der Waals surface area contributed by atoms with Crippen LogP contribution in [0, 0.1) is 23.0 Å². The summed E-state index contributed by atoms with van der Waals surface area (Å²) in [6.07, 6.45) is 3.93. The number of benzene rings is 1. The Balaban J connectivity index is 1.66. The first kappa shape index (κ1) is 20.1. The molecule has 1 aromatic carbocycles. The Labute approximate surface area is 162 Å². The summed E-state index contributed by atoms with van der Waals surface area (Å²) in [5.74, 6) is -0.945. The Morgan fingerprint density at radius 3 is 2.57 bits per heavy atom. The summed E-state index contributed by atoms with van der Waals surface area (Å²) in [7, 11) is 1.19. The maximum absolute atomic E-state index is 11.9. The number of hydrogen-bond donors (Lipinski definition) is 2. The van der Waals surface area contributed by atoms with Gasteiger partial charge in [0, 0.05) is 29.9 Å². The molecule has 152 valence electrons. The maximum atomic E-state index is 11.9. The van der Waals surface area contributed by atoms with Crippen LogP contribution in [0.5, 0.6) is 0 Å². The molecule has 0 radical (unpaired) electrons. The number of esters is 1. The van der Waals surface area contributed by atoms with E-state index in [-0.39, 0.29) is 29.9 Å². The molecule has 0 atom stereocenters. The van der Waals surface area contributed by atoms with E-state index in [0.29, 0.717) is 17.2 Å². The highest BCUT2D eigenvalue weighted by Crippen LogP contribution is 2.35. The molecular formula is C19H25N3O6. The van der Waals surface area contributed by atoms with Crippen molar-refractivity contribution in [2.24, 2.45) is 5.92 Å². The van der Waals surface area contributed by atoms with Crippen molar-refractivity contribution in [3.63, 3.8) is 0 Å². The number of anilines is 1. The van der Waals surface area contributed by atoms with Gasteiger partial charge in [-0.05, 0) is 50.7 Å². The van der Waals surface area contributed by atoms with Crippen molar-refractivity contribution in [2.45, 2.75) is 44.7 Å². The second kappa shape index (κ2) is 8.14. The topological polar surface area (TPSA) is 122 Å². The fraction of sp³-hybridized carbons (Fsp3) is 0.579. The Bertz CT molecular complexity index is 786. The van der Waals surface area contributed by atoms with E-state index in [1.54, 1.807) is 13.0 Å². The Morgan fingerprint density at radius 1 is 1.36 bits per heavy atom. The van der Waals surface area contributed by atoms with Crippen LogP contribution in [0.15, 0.2) is 12.1 Å². The Kier molecular flexibility index (Phi) is 5.83. The number of nitrogens with one attached hydrogen (secondary N) is 1. The molecule has 2 N–H and O–H groups in total. The van der Waals surface area contributed by atoms with Crippen molar-refractivity contribution in [3.8, 4) is 0 Å². The molecule has 0 aromatic heterocycles. The number of carboxylic acid groups (broad SMARTS) is 1. The van der Waals surface area contributed by atoms with Crippen molar-refractivity contribution in [1.82, 2.24) is 4.90 Å². The summed E-state index contributed by atoms with van der Waals surface area (Å²) in [6, 6.07) is 3.45. The van der Waals surface area contributed by atoms with Gasteiger partial charge < -0.3 is 15.2 Å². The van der Waals surface area contributed by atoms with E-state index in [4.69, 9.17) is 5.11 Å². The molecule has 0 bridgehead atoms. The highest BCUT2D eigenvalue weighted by molar-refractivity contribution is 5.95. The molecule has 9 heteroatoms. The lowest BCUT2D eigenvalue weighted by atomic mass is 9.85. The third-order valence-corrected chi connectivity index (χ3v) is 5.42. The van der Waals surface area contributed by atoms with Crippen molar-refractivity contribution in [2.75, 3.05) is 25.5 Å². The van der Waals surface area contributed by atoms with Crippen LogP contribution in [-0.4, -0.2) is 59.2 Å². The summed E-state index contributed by atoms with van der Waals surface area (Å²) in [5, 5.41) is 23.7. The second-order valence-corrected chi connectivity index (χ2v) is 7.67. The number of rotatable bonds is 9. The molecule has 9 nitrogen and oxygen atoms in total. The summed E-state index contributed by atoms with van der Waals surface area (Å²) < 4.78 is 4.68. The van der Waals surface area contributed by atoms with Crippen molar-refractivity contribution in [1.29, 1.82) is 0 Å². The number of methoxy groups -OCH3 is 1. The number of ether oxygens (including phenoxy) is 1. The van der Waals surface area contributed by atoms with Crippen molar-refractivity contribution in [3.05, 3.63) is 33.4 Å². The number of carbonyl (C=O) groups excluding carboxylic acids is 1. The average molecular weight is 391 g/mol. The molecule has 0 saturated heterocycles. The first-order valence-corrected chi connectivity index (χ1v) is 9.38. The quantitative estimate of drug-likeness (QED) is 0.374. The fourth-order valence-electron chi connectivity index (χ4n) is 3.76. The summed E-state index contributed by atoms with van der Waals surface area (Å²) >= 11 is 0. The van der Waals surface area contributed by atoms with E-state index in [2.05, 4.69) is 10.1 Å². The molecule has 2 aliphatic rings. The van der Waals surface area contributed by atoms with Gasteiger partial charge in [0.25, 0.3) is 5.69 Å². The van der Waals surface area contributed by atoms with Gasteiger partial charge in [0.15, 0.2) is 0 Å². The number of nitro groups is 1. The monoisotopic (exact) mass is 391 g/mol. The Morgan fingerprint density at radius 2 is 2.04 bits per heavy atom. The number of aliphatic carboxylic acids is 1. The van der Waals surface area contributed by atoms with Crippen LogP contribution >= 0.6 is 0 Å². The number of nitrogens with zero attached hydrogens (tertiary/aromatic N) is 2. The molecule has 0 unspecified atom stereocenters. The molecule has 3 rings (SSSR count). The van der Waals surface area contributed by atoms with Gasteiger partial charge in [-0.25, -0.2) is 4.79 Å². The van der Waals surface area contributed by atoms with Crippen LogP contribution in [0.25, 0.3) is 0 Å². The normalized spacial score (nSPS) is 21.1. The van der Waals surface area contributed by atoms with E-state index < -0.39 is 16.9 Å². The molecule has 0 heterocycles. The van der Waals surface area contributed by atoms with Crippen molar-refractivity contribution >= 4 is 23.3 Å². The standard InChI is InChI=1S/C19H25N3O6/c1-11-5-13(8-16(19(25)28-2)18(11)22(26)27)20-14-6-15(7-14)21(10-17(23)24)9-12-3-4-12/h5,8,12,14-15,20H,3-4,6-7,9-10H2,1-2H3,(H,23,24). The Hall–Kier alpha value is -2.68. The largest absolute Gasteiger partial charge is 0.480 e. The maximum Gasteiger partial charge on any atom is 0.344 e. The average Bonchev–Trinajstić information content (AvgIpc) is 3.39. The van der Waals surface area contributed by atoms with Crippen LogP contribution in [0.1, 0.15) is 41.6 Å². The third kappa shape index (κ3) is 4.59. The van der Waals surface area contributed by atoms with Gasteiger partial charge in [-0.3, -0.25) is 19.8 Å². The third-order valence-electron chi connectivity index (χ3n) is 5.42. The lowest BCUT2D eigenvalue weighted by Crippen LogP contribution is -2.52. The number of hydrogen-bond acceptors (Lipinski definition) is 7. The number of carbonyl (C=O) groups is 2. The minimum Gasteiger partial charge on any atom is -0.480 e. The predicted molar refractivity (Wildman–Crippen MR) is 102 cm³/mol. The van der Waals surface area contributed by atoms with Gasteiger partial charge in [-0.1, -0.05) is 0 Å². The first-order valence-electron chi connectivity index (χ1n) is 9.38. The van der Waals surface area contributed by atoms with E-state index in [9.17, 15) is 19.7 Å². The zero-order valence-corrected chi connectivity index (χ0v) is 16.0. The van der Waals surface area contributed by atoms with Crippen molar-refractivity contribution < 1.29 is 24.4 Å². The van der Waals surface area contributed by atoms with Gasteiger partial charge in [-0.2, -0.15) is 0 Å². The van der Waals surface area contributed by atoms with E-state index in [0.717, 1.165) is 19.4 Å². The minimum atomic E-state index is -0.814. The van der Waals surface area contributed by atoms with Gasteiger partial charge in [0.2, 0.25) is 0 Å². The smallest absolute Gasteiger partial charge is 0.344 e. The molecule has 1 aromatic rings. The zero-order valence-electron chi connectivity index (χ0n) is 16.0. The molecule has 0 aliphatic heterocycles. The SMILES string of the molecule is COC(=O)c1cc(NC2CC(N(CC(=O)O)CC3CC3)C2)cc(C)c1[N+](=O)[O-]. The minimum absolute atomic E-state index is 0.0526. The lowest BCUT2D eigenvalue weighted by molar-refractivity contribution is -0.385. The molecular weight excluding hydrogens is 366 g/mol. The van der Waals surface area contributed by atoms with Gasteiger partial charge in [0.1, 0.15) is 5.56 Å². The predicted octanol–water partition coefficient (Wildman–Crippen LogP) is 2.43. The lowest BCUT2D eigenvalue weighted by Gasteiger charge is -2.43. The van der Waals surface area contributed by atoms with Gasteiger partial charge in [0.05, 0.1) is 18.6 Å². The van der Waals surface area contributed by atoms with E-state index >= 15 is 0 Å². The molecule has 28 heavy (non-hydrogen) atoms. The van der Waals surface area contributed by atoms with E-state index in [1.807, 2.05) is 4.90 Å². The zero-order chi connectivity index (χ0) is 20.4. The first-order chi connectivity index (χ1) is 13.3. The van der Waals surface area contributed by atoms with Crippen LogP contribution in [0.3, 0.4) is 0 Å². The number of carboxylic acids is 1. The highest BCUT2D eigenvalue weighted by atomic mass is 16.6. The summed E-state index contributed by atoms with van der Waals surface area (Å²) in [6.45, 7) is 2.47. The van der Waals surface area contributed by atoms with E-state index in [1.165, 1.54) is 26.0 Å². The fourth-order valence-corrected chi connectivity index (χ4v) is 3.76. The van der Waals surface area contributed by atoms with Crippen LogP contribution in [0.2, 0.25) is 0 Å². The molecule has 0 amide bonds. The van der Waals surface area contributed by atoms with Crippen LogP contribution in [-0.2, 0) is 9.53 Å². The highest BCUT2D eigenvalue weighted by Gasteiger charge is 2.37. The van der Waals surface area contributed by atoms with Gasteiger partial charge in [-0.15, -0.1) is 0 Å². The molecule has 2 aliphatic carbocycles. The number of nitro benzene ring substituents is 1. The molecule has 2 saturated carbocycles. The van der Waals surface area contributed by atoms with Crippen LogP contribution < -0.4 is 5.32 Å². The summed E-state index contributed by atoms with van der Waals surface area (Å²) in [5.41, 5.74) is 0.680. The summed E-state index contributed by atoms with van der Waals surface area (Å²) in [4.78, 5) is 35.8. The number of aryl methyl sites for hydroxylation is 1. The molecule has 2 fully saturated rings. The van der Waals surface area contributed by atoms with Gasteiger partial charge >= 0.3 is 11.9 Å². The van der Waals surface area contributed by atoms with Crippen LogP contribution in [0.4, 0.5) is 11.4 Å². The molecule has 0 spiro atoms.